The van der Waals surface area contributed by atoms with Crippen molar-refractivity contribution in [3.8, 4) is 6.07 Å². The number of aromatic nitrogens is 2. The fourth-order valence-electron chi connectivity index (χ4n) is 1.53. The van der Waals surface area contributed by atoms with Crippen molar-refractivity contribution < 1.29 is 5.11 Å². The Morgan fingerprint density at radius 1 is 1.53 bits per heavy atom. The maximum absolute atomic E-state index is 9.64. The van der Waals surface area contributed by atoms with Crippen LogP contribution >= 0.6 is 0 Å². The van der Waals surface area contributed by atoms with Crippen molar-refractivity contribution in [2.45, 2.75) is 19.4 Å². The highest BCUT2D eigenvalue weighted by atomic mass is 16.3. The Labute approximate surface area is 99.3 Å². The molecule has 2 rings (SSSR count). The third-order valence-electron chi connectivity index (χ3n) is 2.34. The van der Waals surface area contributed by atoms with Crippen molar-refractivity contribution in [1.82, 2.24) is 9.61 Å². The lowest BCUT2D eigenvalue weighted by Gasteiger charge is -2.17. The van der Waals surface area contributed by atoms with E-state index in [2.05, 4.69) is 16.5 Å². The number of fused-ring (bicyclic) bond motifs is 1. The number of nitriles is 1. The first-order chi connectivity index (χ1) is 8.01. The van der Waals surface area contributed by atoms with Crippen LogP contribution in [0, 0.1) is 11.3 Å². The molecule has 0 amide bonds. The number of hydrogen-bond donors (Lipinski definition) is 2. The van der Waals surface area contributed by atoms with Gasteiger partial charge in [0.15, 0.2) is 5.82 Å². The van der Waals surface area contributed by atoms with Gasteiger partial charge in [0.2, 0.25) is 0 Å². The van der Waals surface area contributed by atoms with Crippen LogP contribution in [-0.2, 0) is 0 Å². The molecule has 0 atom stereocenters. The Kier molecular flexibility index (Phi) is 2.74. The van der Waals surface area contributed by atoms with Crippen LogP contribution in [0.25, 0.3) is 5.52 Å². The van der Waals surface area contributed by atoms with E-state index in [0.29, 0.717) is 17.9 Å². The van der Waals surface area contributed by atoms with Crippen LogP contribution in [0.2, 0.25) is 0 Å². The molecule has 0 radical (unpaired) electrons. The zero-order valence-corrected chi connectivity index (χ0v) is 9.81. The molecular formula is C12H14N4O. The van der Waals surface area contributed by atoms with E-state index >= 15 is 0 Å². The quantitative estimate of drug-likeness (QED) is 0.835. The zero-order valence-electron chi connectivity index (χ0n) is 9.81. The van der Waals surface area contributed by atoms with E-state index < -0.39 is 5.60 Å². The van der Waals surface area contributed by atoms with Crippen molar-refractivity contribution in [3.63, 3.8) is 0 Å². The summed E-state index contributed by atoms with van der Waals surface area (Å²) in [6.45, 7) is 3.73. The first-order valence-electron chi connectivity index (χ1n) is 5.35. The summed E-state index contributed by atoms with van der Waals surface area (Å²) < 4.78 is 1.64. The topological polar surface area (TPSA) is 73.3 Å². The second-order valence-corrected chi connectivity index (χ2v) is 4.53. The third kappa shape index (κ3) is 2.37. The summed E-state index contributed by atoms with van der Waals surface area (Å²) in [7, 11) is 0. The Morgan fingerprint density at radius 2 is 2.29 bits per heavy atom. The third-order valence-corrected chi connectivity index (χ3v) is 2.34. The van der Waals surface area contributed by atoms with Gasteiger partial charge in [0.25, 0.3) is 0 Å². The van der Waals surface area contributed by atoms with Crippen LogP contribution in [0.3, 0.4) is 0 Å². The molecule has 0 unspecified atom stereocenters. The van der Waals surface area contributed by atoms with Crippen molar-refractivity contribution in [3.05, 3.63) is 30.0 Å². The molecule has 5 heteroatoms. The van der Waals surface area contributed by atoms with Gasteiger partial charge in [0.05, 0.1) is 11.1 Å². The maximum Gasteiger partial charge on any atom is 0.167 e. The molecule has 17 heavy (non-hydrogen) atoms. The molecule has 0 aliphatic heterocycles. The average molecular weight is 230 g/mol. The number of rotatable bonds is 3. The number of hydrogen-bond acceptors (Lipinski definition) is 4. The van der Waals surface area contributed by atoms with Crippen molar-refractivity contribution in [2.75, 3.05) is 11.9 Å². The molecule has 0 aromatic carbocycles. The van der Waals surface area contributed by atoms with Crippen LogP contribution in [0.1, 0.15) is 19.4 Å². The lowest BCUT2D eigenvalue weighted by Crippen LogP contribution is -2.29. The van der Waals surface area contributed by atoms with E-state index in [4.69, 9.17) is 5.26 Å². The van der Waals surface area contributed by atoms with Crippen LogP contribution in [0.4, 0.5) is 5.82 Å². The summed E-state index contributed by atoms with van der Waals surface area (Å²) in [5.41, 5.74) is 0.408. The number of nitrogens with one attached hydrogen (secondary N) is 1. The Hall–Kier alpha value is -2.06. The van der Waals surface area contributed by atoms with E-state index in [1.165, 1.54) is 0 Å². The molecule has 0 fully saturated rings. The molecule has 2 N–H and O–H groups in total. The monoisotopic (exact) mass is 230 g/mol. The van der Waals surface area contributed by atoms with Gasteiger partial charge in [-0.25, -0.2) is 4.52 Å². The molecule has 0 bridgehead atoms. The predicted octanol–water partition coefficient (Wildman–Crippen LogP) is 1.39. The molecule has 2 heterocycles. The molecule has 0 saturated heterocycles. The van der Waals surface area contributed by atoms with E-state index in [1.54, 1.807) is 24.6 Å². The molecule has 2 aromatic rings. The Balaban J connectivity index is 2.38. The molecule has 0 spiro atoms. The Morgan fingerprint density at radius 3 is 2.94 bits per heavy atom. The first-order valence-corrected chi connectivity index (χ1v) is 5.35. The highest BCUT2D eigenvalue weighted by molar-refractivity contribution is 5.71. The summed E-state index contributed by atoms with van der Waals surface area (Å²) in [6.07, 6.45) is 1.78. The molecular weight excluding hydrogens is 216 g/mol. The Bertz CT molecular complexity index is 574. The van der Waals surface area contributed by atoms with E-state index in [-0.39, 0.29) is 0 Å². The van der Waals surface area contributed by atoms with Crippen molar-refractivity contribution >= 4 is 11.3 Å². The minimum atomic E-state index is -0.845. The molecule has 5 nitrogen and oxygen atoms in total. The van der Waals surface area contributed by atoms with Crippen molar-refractivity contribution in [2.24, 2.45) is 0 Å². The smallest absolute Gasteiger partial charge is 0.167 e. The maximum atomic E-state index is 9.64. The summed E-state index contributed by atoms with van der Waals surface area (Å²) in [5, 5.41) is 26.0. The van der Waals surface area contributed by atoms with Gasteiger partial charge in [-0.2, -0.15) is 5.26 Å². The standard InChI is InChI=1S/C12H14N4O/c1-12(2,17)8-14-11-9(7-13)10-5-3-4-6-16(10)15-11/h3-6,17H,8H2,1-2H3,(H,14,15). The molecule has 0 aliphatic rings. The van der Waals surface area contributed by atoms with Crippen molar-refractivity contribution in [1.29, 1.82) is 5.26 Å². The normalized spacial score (nSPS) is 11.4. The summed E-state index contributed by atoms with van der Waals surface area (Å²) in [5.74, 6) is 0.501. The lowest BCUT2D eigenvalue weighted by molar-refractivity contribution is 0.0944. The predicted molar refractivity (Wildman–Crippen MR) is 64.7 cm³/mol. The summed E-state index contributed by atoms with van der Waals surface area (Å²) >= 11 is 0. The fraction of sp³-hybridized carbons (Fsp3) is 0.333. The summed E-state index contributed by atoms with van der Waals surface area (Å²) in [6, 6.07) is 7.67. The van der Waals surface area contributed by atoms with Gasteiger partial charge in [-0.15, -0.1) is 5.10 Å². The second-order valence-electron chi connectivity index (χ2n) is 4.53. The fourth-order valence-corrected chi connectivity index (χ4v) is 1.53. The van der Waals surface area contributed by atoms with Gasteiger partial charge in [-0.1, -0.05) is 6.07 Å². The van der Waals surface area contributed by atoms with Crippen LogP contribution in [-0.4, -0.2) is 26.9 Å². The van der Waals surface area contributed by atoms with Crippen LogP contribution in [0.15, 0.2) is 24.4 Å². The minimum absolute atomic E-state index is 0.339. The highest BCUT2D eigenvalue weighted by Gasteiger charge is 2.16. The van der Waals surface area contributed by atoms with Crippen LogP contribution < -0.4 is 5.32 Å². The van der Waals surface area contributed by atoms with E-state index in [1.807, 2.05) is 18.2 Å². The zero-order chi connectivity index (χ0) is 12.5. The minimum Gasteiger partial charge on any atom is -0.389 e. The van der Waals surface area contributed by atoms with Crippen LogP contribution in [0.5, 0.6) is 0 Å². The summed E-state index contributed by atoms with van der Waals surface area (Å²) in [4.78, 5) is 0. The second kappa shape index (κ2) is 4.07. The SMILES string of the molecule is CC(C)(O)CNc1nn2ccccc2c1C#N. The first kappa shape index (κ1) is 11.4. The highest BCUT2D eigenvalue weighted by Crippen LogP contribution is 2.19. The molecule has 2 aromatic heterocycles. The van der Waals surface area contributed by atoms with E-state index in [0.717, 1.165) is 5.52 Å². The van der Waals surface area contributed by atoms with Gasteiger partial charge < -0.3 is 10.4 Å². The number of pyridine rings is 1. The number of anilines is 1. The van der Waals surface area contributed by atoms with Gasteiger partial charge in [0, 0.05) is 12.7 Å². The molecule has 88 valence electrons. The largest absolute Gasteiger partial charge is 0.389 e. The van der Waals surface area contributed by atoms with E-state index in [9.17, 15) is 5.11 Å². The van der Waals surface area contributed by atoms with Gasteiger partial charge in [-0.3, -0.25) is 0 Å². The van der Waals surface area contributed by atoms with Gasteiger partial charge in [0.1, 0.15) is 11.6 Å². The van der Waals surface area contributed by atoms with Gasteiger partial charge in [-0.05, 0) is 26.0 Å². The molecule has 0 aliphatic carbocycles. The average Bonchev–Trinajstić information content (AvgIpc) is 2.63. The lowest BCUT2D eigenvalue weighted by atomic mass is 10.1. The number of nitrogens with zero attached hydrogens (tertiary/aromatic N) is 3. The molecule has 0 saturated carbocycles. The van der Waals surface area contributed by atoms with Gasteiger partial charge >= 0.3 is 0 Å². The number of aliphatic hydroxyl groups is 1.